The number of aliphatic hydroxyl groups is 2. The first-order valence-corrected chi connectivity index (χ1v) is 6.36. The van der Waals surface area contributed by atoms with Crippen molar-refractivity contribution >= 4 is 6.29 Å². The van der Waals surface area contributed by atoms with Crippen molar-refractivity contribution in [2.24, 2.45) is 11.7 Å². The molecule has 9 heteroatoms. The molecule has 1 fully saturated rings. The summed E-state index contributed by atoms with van der Waals surface area (Å²) in [7, 11) is 0. The van der Waals surface area contributed by atoms with Crippen LogP contribution in [0.3, 0.4) is 0 Å². The first kappa shape index (κ1) is 15.6. The highest BCUT2D eigenvalue weighted by Gasteiger charge is 2.56. The summed E-state index contributed by atoms with van der Waals surface area (Å²) in [6.45, 7) is 0.882. The van der Waals surface area contributed by atoms with Crippen LogP contribution in [-0.2, 0) is 9.53 Å². The fourth-order valence-electron chi connectivity index (χ4n) is 2.56. The Labute approximate surface area is 119 Å². The van der Waals surface area contributed by atoms with Crippen LogP contribution in [0.2, 0.25) is 0 Å². The molecule has 4 atom stereocenters. The summed E-state index contributed by atoms with van der Waals surface area (Å²) in [4.78, 5) is 36.7. The number of hydrogen-bond donors (Lipinski definition) is 4. The van der Waals surface area contributed by atoms with Crippen LogP contribution in [0.1, 0.15) is 11.8 Å². The molecular formula is C12H17N3O6. The van der Waals surface area contributed by atoms with Gasteiger partial charge in [0.25, 0.3) is 5.56 Å². The van der Waals surface area contributed by atoms with Crippen molar-refractivity contribution in [2.75, 3.05) is 13.2 Å². The van der Waals surface area contributed by atoms with E-state index in [1.165, 1.54) is 13.1 Å². The lowest BCUT2D eigenvalue weighted by atomic mass is 9.86. The molecule has 2 rings (SSSR count). The van der Waals surface area contributed by atoms with E-state index >= 15 is 0 Å². The van der Waals surface area contributed by atoms with Crippen LogP contribution in [0.15, 0.2) is 15.8 Å². The van der Waals surface area contributed by atoms with E-state index in [1.54, 1.807) is 0 Å². The number of aromatic amines is 1. The van der Waals surface area contributed by atoms with Crippen LogP contribution >= 0.6 is 0 Å². The van der Waals surface area contributed by atoms with Gasteiger partial charge in [-0.3, -0.25) is 19.1 Å². The number of carbonyl (C=O) groups is 1. The molecule has 0 bridgehead atoms. The average Bonchev–Trinajstić information content (AvgIpc) is 2.75. The zero-order valence-electron chi connectivity index (χ0n) is 11.4. The molecule has 0 aliphatic carbocycles. The van der Waals surface area contributed by atoms with Gasteiger partial charge in [0.1, 0.15) is 0 Å². The van der Waals surface area contributed by atoms with E-state index in [0.29, 0.717) is 0 Å². The van der Waals surface area contributed by atoms with Crippen molar-refractivity contribution < 1.29 is 19.7 Å². The van der Waals surface area contributed by atoms with Gasteiger partial charge in [0.05, 0.1) is 12.7 Å². The van der Waals surface area contributed by atoms with Crippen molar-refractivity contribution in [3.8, 4) is 0 Å². The first-order chi connectivity index (χ1) is 9.88. The minimum absolute atomic E-state index is 0.117. The Morgan fingerprint density at radius 2 is 2.24 bits per heavy atom. The molecule has 9 nitrogen and oxygen atoms in total. The summed E-state index contributed by atoms with van der Waals surface area (Å²) in [5.41, 5.74) is 2.27. The number of hydrogen-bond acceptors (Lipinski definition) is 7. The van der Waals surface area contributed by atoms with Crippen molar-refractivity contribution in [1.82, 2.24) is 9.55 Å². The summed E-state index contributed by atoms with van der Waals surface area (Å²) in [6, 6.07) is 0. The average molecular weight is 299 g/mol. The van der Waals surface area contributed by atoms with E-state index in [4.69, 9.17) is 10.5 Å². The molecule has 1 saturated heterocycles. The number of carbonyl (C=O) groups excluding carboxylic acids is 1. The lowest BCUT2D eigenvalue weighted by molar-refractivity contribution is -0.141. The van der Waals surface area contributed by atoms with Crippen molar-refractivity contribution in [3.05, 3.63) is 32.6 Å². The van der Waals surface area contributed by atoms with E-state index in [0.717, 1.165) is 4.57 Å². The number of rotatable bonds is 4. The maximum atomic E-state index is 11.9. The number of ether oxygens (including phenoxy) is 1. The molecular weight excluding hydrogens is 282 g/mol. The third kappa shape index (κ3) is 2.33. The summed E-state index contributed by atoms with van der Waals surface area (Å²) in [6.07, 6.45) is -0.830. The Morgan fingerprint density at radius 1 is 1.57 bits per heavy atom. The van der Waals surface area contributed by atoms with Crippen LogP contribution in [0.5, 0.6) is 0 Å². The fourth-order valence-corrected chi connectivity index (χ4v) is 2.56. The summed E-state index contributed by atoms with van der Waals surface area (Å²) < 4.78 is 6.33. The predicted molar refractivity (Wildman–Crippen MR) is 70.6 cm³/mol. The topological polar surface area (TPSA) is 148 Å². The van der Waals surface area contributed by atoms with Gasteiger partial charge in [0.2, 0.25) is 0 Å². The zero-order chi connectivity index (χ0) is 15.8. The quantitative estimate of drug-likeness (QED) is 0.440. The SMILES string of the molecule is Cc1cn([C@@H]2O[C@H](CO)[C@@H](CN)[C@]2(O)C=O)c(=O)[nH]c1=O. The minimum atomic E-state index is -2.07. The Bertz CT molecular complexity index is 653. The van der Waals surface area contributed by atoms with Gasteiger partial charge in [0, 0.05) is 24.2 Å². The van der Waals surface area contributed by atoms with E-state index in [-0.39, 0.29) is 18.4 Å². The number of nitrogens with two attached hydrogens (primary N) is 1. The number of H-pyrrole nitrogens is 1. The smallest absolute Gasteiger partial charge is 0.330 e. The van der Waals surface area contributed by atoms with Gasteiger partial charge in [-0.25, -0.2) is 4.79 Å². The molecule has 116 valence electrons. The summed E-state index contributed by atoms with van der Waals surface area (Å²) in [5.74, 6) is -0.871. The van der Waals surface area contributed by atoms with E-state index in [2.05, 4.69) is 4.98 Å². The van der Waals surface area contributed by atoms with E-state index in [9.17, 15) is 24.6 Å². The van der Waals surface area contributed by atoms with Gasteiger partial charge >= 0.3 is 5.69 Å². The Morgan fingerprint density at radius 3 is 2.76 bits per heavy atom. The molecule has 0 unspecified atom stereocenters. The highest BCUT2D eigenvalue weighted by Crippen LogP contribution is 2.40. The minimum Gasteiger partial charge on any atom is -0.394 e. The Kier molecular flexibility index (Phi) is 4.10. The van der Waals surface area contributed by atoms with Crippen LogP contribution in [-0.4, -0.2) is 50.9 Å². The van der Waals surface area contributed by atoms with Gasteiger partial charge in [-0.1, -0.05) is 0 Å². The van der Waals surface area contributed by atoms with Gasteiger partial charge in [-0.15, -0.1) is 0 Å². The van der Waals surface area contributed by atoms with E-state index in [1.807, 2.05) is 0 Å². The molecule has 1 aliphatic heterocycles. The fraction of sp³-hybridized carbons (Fsp3) is 0.583. The van der Waals surface area contributed by atoms with Crippen LogP contribution in [0.4, 0.5) is 0 Å². The number of nitrogens with zero attached hydrogens (tertiary/aromatic N) is 1. The predicted octanol–water partition coefficient (Wildman–Crippen LogP) is -2.76. The van der Waals surface area contributed by atoms with Crippen LogP contribution < -0.4 is 17.0 Å². The molecule has 0 saturated carbocycles. The maximum absolute atomic E-state index is 11.9. The second-order valence-electron chi connectivity index (χ2n) is 5.04. The molecule has 1 aromatic rings. The largest absolute Gasteiger partial charge is 0.394 e. The zero-order valence-corrected chi connectivity index (χ0v) is 11.4. The number of aldehydes is 1. The second kappa shape index (κ2) is 5.53. The molecule has 2 heterocycles. The second-order valence-corrected chi connectivity index (χ2v) is 5.04. The van der Waals surface area contributed by atoms with E-state index < -0.39 is 41.7 Å². The molecule has 21 heavy (non-hydrogen) atoms. The first-order valence-electron chi connectivity index (χ1n) is 6.36. The van der Waals surface area contributed by atoms with Gasteiger partial charge in [0.15, 0.2) is 18.1 Å². The number of aromatic nitrogens is 2. The Balaban J connectivity index is 2.58. The normalized spacial score (nSPS) is 32.3. The number of aryl methyl sites for hydroxylation is 1. The molecule has 1 aliphatic rings. The standard InChI is InChI=1S/C12H17N3O6/c1-6-3-15(11(19)14-9(6)18)10-12(20,5-17)7(2-13)8(4-16)21-10/h3,5,7-8,10,16,20H,2,4,13H2,1H3,(H,14,18,19)/t7-,8-,10-,12-/m1/s1. The van der Waals surface area contributed by atoms with Crippen LogP contribution in [0, 0.1) is 12.8 Å². The molecule has 0 radical (unpaired) electrons. The highest BCUT2D eigenvalue weighted by atomic mass is 16.5. The Hall–Kier alpha value is -1.81. The van der Waals surface area contributed by atoms with Gasteiger partial charge in [-0.05, 0) is 6.92 Å². The third-order valence-electron chi connectivity index (χ3n) is 3.76. The van der Waals surface area contributed by atoms with Crippen molar-refractivity contribution in [2.45, 2.75) is 24.9 Å². The molecule has 0 amide bonds. The van der Waals surface area contributed by atoms with Gasteiger partial charge < -0.3 is 20.7 Å². The van der Waals surface area contributed by atoms with Crippen LogP contribution in [0.25, 0.3) is 0 Å². The lowest BCUT2D eigenvalue weighted by Crippen LogP contribution is -2.50. The number of aliphatic hydroxyl groups excluding tert-OH is 1. The van der Waals surface area contributed by atoms with Crippen molar-refractivity contribution in [1.29, 1.82) is 0 Å². The third-order valence-corrected chi connectivity index (χ3v) is 3.76. The molecule has 0 spiro atoms. The maximum Gasteiger partial charge on any atom is 0.330 e. The summed E-state index contributed by atoms with van der Waals surface area (Å²) >= 11 is 0. The van der Waals surface area contributed by atoms with Crippen molar-refractivity contribution in [3.63, 3.8) is 0 Å². The monoisotopic (exact) mass is 299 g/mol. The lowest BCUT2D eigenvalue weighted by Gasteiger charge is -2.28. The highest BCUT2D eigenvalue weighted by molar-refractivity contribution is 5.64. The van der Waals surface area contributed by atoms with Gasteiger partial charge in [-0.2, -0.15) is 0 Å². The molecule has 5 N–H and O–H groups in total. The molecule has 1 aromatic heterocycles. The molecule has 0 aromatic carbocycles. The summed E-state index contributed by atoms with van der Waals surface area (Å²) in [5, 5.41) is 19.8. The number of nitrogens with one attached hydrogen (secondary N) is 1.